The second-order valence-electron chi connectivity index (χ2n) is 3.76. The third kappa shape index (κ3) is 4.67. The number of nitrogens with zero attached hydrogens (tertiary/aromatic N) is 1. The standard InChI is InChI=1S/C12H17N3OS.C2H6/c1-16-11-8-10(15-17-2)4-3-9(11)7-12-13-5-6-14-12;1-2/h3-4,8,15H,5-7H2,1-2H3,(H,13,14);1-2H3. The normalized spacial score (nSPS) is 12.9. The minimum absolute atomic E-state index is 0.808. The molecule has 0 amide bonds. The maximum Gasteiger partial charge on any atom is 0.124 e. The number of nitrogens with one attached hydrogen (secondary N) is 2. The first-order valence-electron chi connectivity index (χ1n) is 6.56. The van der Waals surface area contributed by atoms with Gasteiger partial charge in [-0.3, -0.25) is 4.99 Å². The van der Waals surface area contributed by atoms with Crippen molar-refractivity contribution < 1.29 is 4.74 Å². The smallest absolute Gasteiger partial charge is 0.124 e. The lowest BCUT2D eigenvalue weighted by atomic mass is 10.1. The van der Waals surface area contributed by atoms with Gasteiger partial charge in [-0.05, 0) is 6.07 Å². The SMILES string of the molecule is CC.COc1cc(NSC)ccc1CC1=NCCN1. The zero-order valence-electron chi connectivity index (χ0n) is 12.1. The average molecular weight is 281 g/mol. The number of anilines is 1. The van der Waals surface area contributed by atoms with E-state index in [0.29, 0.717) is 0 Å². The molecule has 1 aromatic rings. The predicted octanol–water partition coefficient (Wildman–Crippen LogP) is 2.96. The van der Waals surface area contributed by atoms with E-state index in [1.54, 1.807) is 19.1 Å². The highest BCUT2D eigenvalue weighted by atomic mass is 32.2. The molecule has 1 aromatic carbocycles. The van der Waals surface area contributed by atoms with Crippen LogP contribution in [0.15, 0.2) is 23.2 Å². The van der Waals surface area contributed by atoms with E-state index in [-0.39, 0.29) is 0 Å². The molecule has 0 radical (unpaired) electrons. The van der Waals surface area contributed by atoms with E-state index < -0.39 is 0 Å². The van der Waals surface area contributed by atoms with Crippen LogP contribution in [-0.2, 0) is 6.42 Å². The summed E-state index contributed by atoms with van der Waals surface area (Å²) in [5, 5.41) is 3.27. The Bertz CT molecular complexity index is 421. The van der Waals surface area contributed by atoms with Crippen LogP contribution in [0.2, 0.25) is 0 Å². The number of ether oxygens (including phenoxy) is 1. The van der Waals surface area contributed by atoms with Crippen LogP contribution >= 0.6 is 11.9 Å². The molecule has 0 aliphatic carbocycles. The van der Waals surface area contributed by atoms with Gasteiger partial charge in [0.1, 0.15) is 11.6 Å². The number of rotatable bonds is 5. The van der Waals surface area contributed by atoms with E-state index in [1.165, 1.54) is 0 Å². The van der Waals surface area contributed by atoms with Crippen LogP contribution in [0.1, 0.15) is 19.4 Å². The molecule has 1 heterocycles. The van der Waals surface area contributed by atoms with Crippen LogP contribution in [0, 0.1) is 0 Å². The van der Waals surface area contributed by atoms with E-state index >= 15 is 0 Å². The molecule has 106 valence electrons. The molecule has 0 atom stereocenters. The Balaban J connectivity index is 0.000000861. The first-order chi connectivity index (χ1) is 9.33. The summed E-state index contributed by atoms with van der Waals surface area (Å²) < 4.78 is 8.60. The minimum atomic E-state index is 0.808. The highest BCUT2D eigenvalue weighted by Gasteiger charge is 2.10. The largest absolute Gasteiger partial charge is 0.496 e. The second-order valence-corrected chi connectivity index (χ2v) is 4.38. The molecule has 0 bridgehead atoms. The highest BCUT2D eigenvalue weighted by Crippen LogP contribution is 2.25. The number of hydrogen-bond acceptors (Lipinski definition) is 5. The molecule has 2 rings (SSSR count). The molecule has 0 fully saturated rings. The summed E-state index contributed by atoms with van der Waals surface area (Å²) >= 11 is 1.57. The molecule has 19 heavy (non-hydrogen) atoms. The molecule has 4 nitrogen and oxygen atoms in total. The van der Waals surface area contributed by atoms with Gasteiger partial charge >= 0.3 is 0 Å². The average Bonchev–Trinajstić information content (AvgIpc) is 2.96. The summed E-state index contributed by atoms with van der Waals surface area (Å²) in [7, 11) is 1.70. The molecule has 0 spiro atoms. The van der Waals surface area contributed by atoms with Gasteiger partial charge in [-0.2, -0.15) is 0 Å². The summed E-state index contributed by atoms with van der Waals surface area (Å²) in [5.74, 6) is 1.95. The number of amidine groups is 1. The van der Waals surface area contributed by atoms with Crippen molar-refractivity contribution in [2.45, 2.75) is 20.3 Å². The van der Waals surface area contributed by atoms with Crippen molar-refractivity contribution in [2.24, 2.45) is 4.99 Å². The Morgan fingerprint density at radius 1 is 1.42 bits per heavy atom. The van der Waals surface area contributed by atoms with Crippen LogP contribution in [0.5, 0.6) is 5.75 Å². The van der Waals surface area contributed by atoms with E-state index in [9.17, 15) is 0 Å². The van der Waals surface area contributed by atoms with Crippen LogP contribution in [0.4, 0.5) is 5.69 Å². The highest BCUT2D eigenvalue weighted by molar-refractivity contribution is 7.99. The molecular formula is C14H23N3OS. The third-order valence-corrected chi connectivity index (χ3v) is 3.05. The van der Waals surface area contributed by atoms with Gasteiger partial charge in [0.05, 0.1) is 13.7 Å². The first kappa shape index (κ1) is 15.7. The fraction of sp³-hybridized carbons (Fsp3) is 0.500. The van der Waals surface area contributed by atoms with Crippen molar-refractivity contribution in [3.8, 4) is 5.75 Å². The lowest BCUT2D eigenvalue weighted by Crippen LogP contribution is -2.20. The fourth-order valence-corrected chi connectivity index (χ4v) is 2.18. The van der Waals surface area contributed by atoms with Crippen molar-refractivity contribution >= 4 is 23.5 Å². The Hall–Kier alpha value is -1.36. The summed E-state index contributed by atoms with van der Waals surface area (Å²) in [6.45, 7) is 5.83. The molecule has 2 N–H and O–H groups in total. The van der Waals surface area contributed by atoms with Crippen LogP contribution in [0.25, 0.3) is 0 Å². The Morgan fingerprint density at radius 3 is 2.79 bits per heavy atom. The van der Waals surface area contributed by atoms with Crippen LogP contribution in [-0.4, -0.2) is 32.3 Å². The van der Waals surface area contributed by atoms with Gasteiger partial charge in [-0.25, -0.2) is 0 Å². The molecule has 0 saturated heterocycles. The molecule has 0 unspecified atom stereocenters. The quantitative estimate of drug-likeness (QED) is 0.815. The maximum absolute atomic E-state index is 5.41. The lowest BCUT2D eigenvalue weighted by molar-refractivity contribution is 0.411. The maximum atomic E-state index is 5.41. The Kier molecular flexibility index (Phi) is 7.18. The van der Waals surface area contributed by atoms with Crippen molar-refractivity contribution in [2.75, 3.05) is 31.2 Å². The van der Waals surface area contributed by atoms with E-state index in [2.05, 4.69) is 27.2 Å². The second kappa shape index (κ2) is 8.69. The van der Waals surface area contributed by atoms with E-state index in [0.717, 1.165) is 42.3 Å². The number of benzene rings is 1. The topological polar surface area (TPSA) is 45.6 Å². The van der Waals surface area contributed by atoms with Gasteiger partial charge in [0, 0.05) is 36.5 Å². The van der Waals surface area contributed by atoms with E-state index in [1.807, 2.05) is 26.2 Å². The van der Waals surface area contributed by atoms with Crippen molar-refractivity contribution in [1.29, 1.82) is 0 Å². The zero-order chi connectivity index (χ0) is 14.1. The Morgan fingerprint density at radius 2 is 2.21 bits per heavy atom. The van der Waals surface area contributed by atoms with Gasteiger partial charge in [0.15, 0.2) is 0 Å². The van der Waals surface area contributed by atoms with Gasteiger partial charge in [0.2, 0.25) is 0 Å². The Labute approximate surface area is 120 Å². The first-order valence-corrected chi connectivity index (χ1v) is 7.79. The number of methoxy groups -OCH3 is 1. The van der Waals surface area contributed by atoms with Gasteiger partial charge < -0.3 is 14.8 Å². The fourth-order valence-electron chi connectivity index (χ4n) is 1.82. The third-order valence-electron chi connectivity index (χ3n) is 2.61. The van der Waals surface area contributed by atoms with Crippen molar-refractivity contribution in [1.82, 2.24) is 5.32 Å². The molecule has 1 aliphatic heterocycles. The predicted molar refractivity (Wildman–Crippen MR) is 85.5 cm³/mol. The number of hydrogen-bond donors (Lipinski definition) is 2. The van der Waals surface area contributed by atoms with Crippen molar-refractivity contribution in [3.63, 3.8) is 0 Å². The molecule has 0 saturated carbocycles. The van der Waals surface area contributed by atoms with E-state index in [4.69, 9.17) is 4.74 Å². The number of aliphatic imine (C=N–C) groups is 1. The van der Waals surface area contributed by atoms with Gasteiger partial charge in [0.25, 0.3) is 0 Å². The molecule has 0 aromatic heterocycles. The summed E-state index contributed by atoms with van der Waals surface area (Å²) in [4.78, 5) is 4.40. The molecular weight excluding hydrogens is 258 g/mol. The minimum Gasteiger partial charge on any atom is -0.496 e. The summed E-state index contributed by atoms with van der Waals surface area (Å²) in [6, 6.07) is 6.16. The van der Waals surface area contributed by atoms with Gasteiger partial charge in [-0.1, -0.05) is 31.9 Å². The van der Waals surface area contributed by atoms with Crippen molar-refractivity contribution in [3.05, 3.63) is 23.8 Å². The van der Waals surface area contributed by atoms with Gasteiger partial charge in [-0.15, -0.1) is 0 Å². The summed E-state index contributed by atoms with van der Waals surface area (Å²) in [6.07, 6.45) is 2.81. The summed E-state index contributed by atoms with van der Waals surface area (Å²) in [5.41, 5.74) is 2.21. The van der Waals surface area contributed by atoms with Crippen LogP contribution in [0.3, 0.4) is 0 Å². The molecule has 5 heteroatoms. The van der Waals surface area contributed by atoms with Crippen LogP contribution < -0.4 is 14.8 Å². The molecule has 1 aliphatic rings. The lowest BCUT2D eigenvalue weighted by Gasteiger charge is -2.11. The monoisotopic (exact) mass is 281 g/mol. The zero-order valence-corrected chi connectivity index (χ0v) is 12.9.